The number of ether oxygens (including phenoxy) is 1. The SMILES string of the molecule is CN=C(NCc1cccnc1-n1ccnc1)N1CCN(C(=O)C2CCCO2)CC1.I. The molecule has 0 aliphatic carbocycles. The van der Waals surface area contributed by atoms with Crippen LogP contribution in [-0.4, -0.2) is 82.1 Å². The van der Waals surface area contributed by atoms with Gasteiger partial charge in [0.1, 0.15) is 18.2 Å². The van der Waals surface area contributed by atoms with Gasteiger partial charge in [0.15, 0.2) is 5.96 Å². The lowest BCUT2D eigenvalue weighted by Crippen LogP contribution is -2.55. The summed E-state index contributed by atoms with van der Waals surface area (Å²) in [5.41, 5.74) is 1.05. The number of hydrogen-bond donors (Lipinski definition) is 1. The van der Waals surface area contributed by atoms with E-state index in [4.69, 9.17) is 4.74 Å². The molecule has 10 heteroatoms. The zero-order chi connectivity index (χ0) is 20.1. The van der Waals surface area contributed by atoms with Gasteiger partial charge in [-0.1, -0.05) is 6.07 Å². The van der Waals surface area contributed by atoms with Gasteiger partial charge in [0.25, 0.3) is 5.91 Å². The Morgan fingerprint density at radius 2 is 2.07 bits per heavy atom. The number of hydrogen-bond acceptors (Lipinski definition) is 5. The molecule has 2 saturated heterocycles. The molecule has 0 aromatic carbocycles. The summed E-state index contributed by atoms with van der Waals surface area (Å²) in [5.74, 6) is 1.81. The van der Waals surface area contributed by atoms with Crippen LogP contribution < -0.4 is 5.32 Å². The second-order valence-corrected chi connectivity index (χ2v) is 7.17. The molecule has 0 bridgehead atoms. The molecule has 2 aliphatic rings. The van der Waals surface area contributed by atoms with Gasteiger partial charge < -0.3 is 19.9 Å². The van der Waals surface area contributed by atoms with E-state index in [2.05, 4.69) is 25.2 Å². The number of pyridine rings is 1. The molecular formula is C20H28IN7O2. The Balaban J connectivity index is 0.00000256. The molecule has 0 saturated carbocycles. The summed E-state index contributed by atoms with van der Waals surface area (Å²) in [4.78, 5) is 29.6. The standard InChI is InChI=1S/C20H27N7O2.HI/c1-21-20(24-14-16-4-2-6-23-18(16)27-8-7-22-15-27)26-11-9-25(10-12-26)19(28)17-5-3-13-29-17;/h2,4,6-8,15,17H,3,5,9-14H2,1H3,(H,21,24);1H. The number of amides is 1. The number of piperazine rings is 1. The molecule has 2 aliphatic heterocycles. The molecular weight excluding hydrogens is 497 g/mol. The molecule has 2 aromatic rings. The fourth-order valence-corrected chi connectivity index (χ4v) is 3.81. The van der Waals surface area contributed by atoms with E-state index in [1.165, 1.54) is 0 Å². The van der Waals surface area contributed by atoms with E-state index in [0.29, 0.717) is 26.2 Å². The van der Waals surface area contributed by atoms with Gasteiger partial charge in [0, 0.05) is 70.5 Å². The third kappa shape index (κ3) is 5.09. The van der Waals surface area contributed by atoms with Crippen LogP contribution in [0, 0.1) is 0 Å². The first kappa shape index (κ1) is 22.5. The van der Waals surface area contributed by atoms with Crippen LogP contribution in [0.4, 0.5) is 0 Å². The minimum atomic E-state index is -0.244. The van der Waals surface area contributed by atoms with Gasteiger partial charge in [-0.25, -0.2) is 9.97 Å². The van der Waals surface area contributed by atoms with Crippen molar-refractivity contribution < 1.29 is 9.53 Å². The van der Waals surface area contributed by atoms with Gasteiger partial charge in [-0.2, -0.15) is 0 Å². The van der Waals surface area contributed by atoms with Crippen molar-refractivity contribution in [1.82, 2.24) is 29.7 Å². The minimum Gasteiger partial charge on any atom is -0.368 e. The van der Waals surface area contributed by atoms with Crippen LogP contribution in [0.2, 0.25) is 0 Å². The molecule has 1 N–H and O–H groups in total. The van der Waals surface area contributed by atoms with Crippen molar-refractivity contribution in [3.05, 3.63) is 42.6 Å². The zero-order valence-corrected chi connectivity index (χ0v) is 19.4. The summed E-state index contributed by atoms with van der Waals surface area (Å²) in [6.45, 7) is 4.17. The van der Waals surface area contributed by atoms with Crippen LogP contribution in [0.25, 0.3) is 5.82 Å². The lowest BCUT2D eigenvalue weighted by molar-refractivity contribution is -0.142. The molecule has 30 heavy (non-hydrogen) atoms. The predicted molar refractivity (Wildman–Crippen MR) is 124 cm³/mol. The van der Waals surface area contributed by atoms with Crippen LogP contribution in [0.1, 0.15) is 18.4 Å². The molecule has 2 aromatic heterocycles. The Hall–Kier alpha value is -2.21. The van der Waals surface area contributed by atoms with Gasteiger partial charge >= 0.3 is 0 Å². The van der Waals surface area contributed by atoms with E-state index in [-0.39, 0.29) is 36.0 Å². The van der Waals surface area contributed by atoms with E-state index < -0.39 is 0 Å². The second-order valence-electron chi connectivity index (χ2n) is 7.17. The van der Waals surface area contributed by atoms with Gasteiger partial charge in [0.2, 0.25) is 0 Å². The van der Waals surface area contributed by atoms with E-state index in [9.17, 15) is 4.79 Å². The van der Waals surface area contributed by atoms with Gasteiger partial charge in [-0.15, -0.1) is 24.0 Å². The first-order chi connectivity index (χ1) is 14.3. The molecule has 4 heterocycles. The van der Waals surface area contributed by atoms with Gasteiger partial charge in [0.05, 0.1) is 0 Å². The molecule has 0 spiro atoms. The van der Waals surface area contributed by atoms with Crippen LogP contribution >= 0.6 is 24.0 Å². The number of guanidine groups is 1. The number of aromatic nitrogens is 3. The number of halogens is 1. The van der Waals surface area contributed by atoms with Crippen molar-refractivity contribution in [2.75, 3.05) is 39.8 Å². The Labute approximate surface area is 193 Å². The van der Waals surface area contributed by atoms with Crippen LogP contribution in [-0.2, 0) is 16.1 Å². The number of nitrogens with one attached hydrogen (secondary N) is 1. The predicted octanol–water partition coefficient (Wildman–Crippen LogP) is 1.28. The summed E-state index contributed by atoms with van der Waals surface area (Å²) < 4.78 is 7.44. The normalized spacial score (nSPS) is 19.5. The first-order valence-corrected chi connectivity index (χ1v) is 10.0. The fourth-order valence-electron chi connectivity index (χ4n) is 3.81. The molecule has 1 unspecified atom stereocenters. The molecule has 0 radical (unpaired) electrons. The minimum absolute atomic E-state index is 0. The summed E-state index contributed by atoms with van der Waals surface area (Å²) in [6, 6.07) is 3.97. The highest BCUT2D eigenvalue weighted by atomic mass is 127. The molecule has 1 atom stereocenters. The maximum absolute atomic E-state index is 12.5. The third-order valence-electron chi connectivity index (χ3n) is 5.36. The van der Waals surface area contributed by atoms with Crippen molar-refractivity contribution >= 4 is 35.8 Å². The lowest BCUT2D eigenvalue weighted by Gasteiger charge is -2.37. The second kappa shape index (κ2) is 10.7. The summed E-state index contributed by atoms with van der Waals surface area (Å²) >= 11 is 0. The van der Waals surface area contributed by atoms with Gasteiger partial charge in [-0.05, 0) is 18.9 Å². The van der Waals surface area contributed by atoms with Crippen molar-refractivity contribution in [2.45, 2.75) is 25.5 Å². The fraction of sp³-hybridized carbons (Fsp3) is 0.500. The van der Waals surface area contributed by atoms with Crippen LogP contribution in [0.5, 0.6) is 0 Å². The number of rotatable bonds is 4. The van der Waals surface area contributed by atoms with Crippen LogP contribution in [0.15, 0.2) is 42.0 Å². The maximum atomic E-state index is 12.5. The summed E-state index contributed by atoms with van der Waals surface area (Å²) in [7, 11) is 1.78. The molecule has 2 fully saturated rings. The Bertz CT molecular complexity index is 845. The Morgan fingerprint density at radius 3 is 2.73 bits per heavy atom. The Morgan fingerprint density at radius 1 is 1.27 bits per heavy atom. The largest absolute Gasteiger partial charge is 0.368 e. The molecule has 1 amide bonds. The maximum Gasteiger partial charge on any atom is 0.251 e. The average molecular weight is 525 g/mol. The number of carbonyl (C=O) groups is 1. The Kier molecular flexibility index (Phi) is 8.02. The number of imidazole rings is 1. The third-order valence-corrected chi connectivity index (χ3v) is 5.36. The quantitative estimate of drug-likeness (QED) is 0.368. The lowest BCUT2D eigenvalue weighted by atomic mass is 10.2. The summed E-state index contributed by atoms with van der Waals surface area (Å²) in [6.07, 6.45) is 8.71. The van der Waals surface area contributed by atoms with Crippen molar-refractivity contribution in [3.63, 3.8) is 0 Å². The van der Waals surface area contributed by atoms with E-state index in [0.717, 1.165) is 43.3 Å². The molecule has 4 rings (SSSR count). The monoisotopic (exact) mass is 525 g/mol. The van der Waals surface area contributed by atoms with Crippen molar-refractivity contribution in [3.8, 4) is 5.82 Å². The number of aliphatic imine (C=N–C) groups is 1. The van der Waals surface area contributed by atoms with Gasteiger partial charge in [-0.3, -0.25) is 14.4 Å². The highest BCUT2D eigenvalue weighted by Crippen LogP contribution is 2.16. The van der Waals surface area contributed by atoms with E-state index in [1.54, 1.807) is 25.8 Å². The van der Waals surface area contributed by atoms with E-state index in [1.807, 2.05) is 27.8 Å². The smallest absolute Gasteiger partial charge is 0.251 e. The average Bonchev–Trinajstić information content (AvgIpc) is 3.49. The topological polar surface area (TPSA) is 87.9 Å². The van der Waals surface area contributed by atoms with E-state index >= 15 is 0 Å². The van der Waals surface area contributed by atoms with Crippen molar-refractivity contribution in [2.24, 2.45) is 4.99 Å². The van der Waals surface area contributed by atoms with Crippen LogP contribution in [0.3, 0.4) is 0 Å². The van der Waals surface area contributed by atoms with Crippen molar-refractivity contribution in [1.29, 1.82) is 0 Å². The molecule has 9 nitrogen and oxygen atoms in total. The zero-order valence-electron chi connectivity index (χ0n) is 17.1. The highest BCUT2D eigenvalue weighted by molar-refractivity contribution is 14.0. The number of nitrogens with zero attached hydrogens (tertiary/aromatic N) is 6. The highest BCUT2D eigenvalue weighted by Gasteiger charge is 2.30. The first-order valence-electron chi connectivity index (χ1n) is 10.0. The number of carbonyl (C=O) groups excluding carboxylic acids is 1. The summed E-state index contributed by atoms with van der Waals surface area (Å²) in [5, 5.41) is 3.43. The molecule has 162 valence electrons.